The van der Waals surface area contributed by atoms with Gasteiger partial charge >= 0.3 is 0 Å². The van der Waals surface area contributed by atoms with Gasteiger partial charge in [-0.2, -0.15) is 0 Å². The van der Waals surface area contributed by atoms with Gasteiger partial charge in [0.2, 0.25) is 11.9 Å². The maximum atomic E-state index is 12.2. The van der Waals surface area contributed by atoms with Crippen LogP contribution in [-0.4, -0.2) is 47.0 Å². The van der Waals surface area contributed by atoms with E-state index in [2.05, 4.69) is 14.9 Å². The zero-order valence-corrected chi connectivity index (χ0v) is 11.6. The van der Waals surface area contributed by atoms with E-state index in [1.54, 1.807) is 12.4 Å². The van der Waals surface area contributed by atoms with E-state index in [1.807, 2.05) is 11.0 Å². The summed E-state index contributed by atoms with van der Waals surface area (Å²) in [6.45, 7) is 4.00. The smallest absolute Gasteiger partial charge is 0.225 e. The normalized spacial score (nSPS) is 31.5. The lowest BCUT2D eigenvalue weighted by Gasteiger charge is -2.20. The molecule has 2 aliphatic heterocycles. The first-order valence-electron chi connectivity index (χ1n) is 7.62. The van der Waals surface area contributed by atoms with Crippen molar-refractivity contribution in [2.75, 3.05) is 31.1 Å². The Bertz CT molecular complexity index is 488. The standard InChI is InChI=1S/C15H20N4O/c20-14(18-6-1-2-7-18)8-11-12-9-19(10-13(11)12)15-16-4-3-5-17-15/h3-5,11-13H,1-2,6-10H2/t11?,12-,13+. The van der Waals surface area contributed by atoms with Gasteiger partial charge in [0.1, 0.15) is 0 Å². The van der Waals surface area contributed by atoms with Gasteiger partial charge in [0.25, 0.3) is 0 Å². The number of amides is 1. The number of carbonyl (C=O) groups excluding carboxylic acids is 1. The predicted octanol–water partition coefficient (Wildman–Crippen LogP) is 1.17. The first kappa shape index (κ1) is 12.1. The van der Waals surface area contributed by atoms with Gasteiger partial charge in [-0.3, -0.25) is 4.79 Å². The molecule has 1 aromatic rings. The summed E-state index contributed by atoms with van der Waals surface area (Å²) < 4.78 is 0. The summed E-state index contributed by atoms with van der Waals surface area (Å²) in [7, 11) is 0. The number of nitrogens with zero attached hydrogens (tertiary/aromatic N) is 4. The topological polar surface area (TPSA) is 49.3 Å². The van der Waals surface area contributed by atoms with E-state index in [9.17, 15) is 4.79 Å². The van der Waals surface area contributed by atoms with Gasteiger partial charge in [0, 0.05) is 45.0 Å². The van der Waals surface area contributed by atoms with Crippen molar-refractivity contribution in [2.45, 2.75) is 19.3 Å². The molecule has 1 aromatic heterocycles. The molecule has 3 fully saturated rings. The number of carbonyl (C=O) groups is 1. The van der Waals surface area contributed by atoms with Crippen LogP contribution in [0.1, 0.15) is 19.3 Å². The molecule has 1 amide bonds. The third-order valence-electron chi connectivity index (χ3n) is 5.08. The summed E-state index contributed by atoms with van der Waals surface area (Å²) >= 11 is 0. The summed E-state index contributed by atoms with van der Waals surface area (Å²) in [5, 5.41) is 0. The lowest BCUT2D eigenvalue weighted by atomic mass is 10.2. The molecule has 106 valence electrons. The van der Waals surface area contributed by atoms with Crippen molar-refractivity contribution < 1.29 is 4.79 Å². The van der Waals surface area contributed by atoms with Crippen LogP contribution in [0.2, 0.25) is 0 Å². The molecule has 0 N–H and O–H groups in total. The van der Waals surface area contributed by atoms with E-state index in [0.717, 1.165) is 38.5 Å². The molecule has 5 heteroatoms. The van der Waals surface area contributed by atoms with Crippen molar-refractivity contribution >= 4 is 11.9 Å². The number of fused-ring (bicyclic) bond motifs is 1. The molecule has 3 atom stereocenters. The summed E-state index contributed by atoms with van der Waals surface area (Å²) in [5.41, 5.74) is 0. The largest absolute Gasteiger partial charge is 0.343 e. The number of aromatic nitrogens is 2. The van der Waals surface area contributed by atoms with Crippen molar-refractivity contribution in [3.05, 3.63) is 18.5 Å². The molecule has 1 saturated carbocycles. The van der Waals surface area contributed by atoms with Gasteiger partial charge in [-0.25, -0.2) is 9.97 Å². The highest BCUT2D eigenvalue weighted by molar-refractivity contribution is 5.77. The van der Waals surface area contributed by atoms with Gasteiger partial charge in [0.05, 0.1) is 0 Å². The van der Waals surface area contributed by atoms with Crippen molar-refractivity contribution in [2.24, 2.45) is 17.8 Å². The summed E-state index contributed by atoms with van der Waals surface area (Å²) in [6.07, 6.45) is 6.71. The van der Waals surface area contributed by atoms with Gasteiger partial charge in [0.15, 0.2) is 0 Å². The molecule has 3 heterocycles. The second-order valence-corrected chi connectivity index (χ2v) is 6.24. The Morgan fingerprint density at radius 3 is 2.45 bits per heavy atom. The molecule has 0 radical (unpaired) electrons. The Balaban J connectivity index is 1.31. The Kier molecular flexibility index (Phi) is 2.86. The monoisotopic (exact) mass is 272 g/mol. The van der Waals surface area contributed by atoms with E-state index in [4.69, 9.17) is 0 Å². The van der Waals surface area contributed by atoms with Crippen LogP contribution in [0.15, 0.2) is 18.5 Å². The minimum atomic E-state index is 0.379. The molecule has 1 aliphatic carbocycles. The van der Waals surface area contributed by atoms with Crippen LogP contribution in [0.5, 0.6) is 0 Å². The Labute approximate surface area is 119 Å². The minimum Gasteiger partial charge on any atom is -0.343 e. The predicted molar refractivity (Wildman–Crippen MR) is 75.1 cm³/mol. The van der Waals surface area contributed by atoms with Gasteiger partial charge < -0.3 is 9.80 Å². The number of hydrogen-bond donors (Lipinski definition) is 0. The zero-order valence-electron chi connectivity index (χ0n) is 11.6. The lowest BCUT2D eigenvalue weighted by molar-refractivity contribution is -0.130. The highest BCUT2D eigenvalue weighted by Crippen LogP contribution is 2.54. The fourth-order valence-corrected chi connectivity index (χ4v) is 3.87. The molecular weight excluding hydrogens is 252 g/mol. The van der Waals surface area contributed by atoms with Crippen molar-refractivity contribution in [3.8, 4) is 0 Å². The van der Waals surface area contributed by atoms with Crippen molar-refractivity contribution in [1.29, 1.82) is 0 Å². The number of hydrogen-bond acceptors (Lipinski definition) is 4. The number of rotatable bonds is 3. The maximum absolute atomic E-state index is 12.2. The van der Waals surface area contributed by atoms with Crippen LogP contribution in [0, 0.1) is 17.8 Å². The average molecular weight is 272 g/mol. The van der Waals surface area contributed by atoms with E-state index in [1.165, 1.54) is 12.8 Å². The molecule has 3 aliphatic rings. The van der Waals surface area contributed by atoms with E-state index in [0.29, 0.717) is 23.7 Å². The molecule has 2 saturated heterocycles. The van der Waals surface area contributed by atoms with Crippen LogP contribution in [0.3, 0.4) is 0 Å². The van der Waals surface area contributed by atoms with Gasteiger partial charge in [-0.1, -0.05) is 0 Å². The van der Waals surface area contributed by atoms with Crippen molar-refractivity contribution in [1.82, 2.24) is 14.9 Å². The molecule has 1 unspecified atom stereocenters. The highest BCUT2D eigenvalue weighted by Gasteiger charge is 2.56. The van der Waals surface area contributed by atoms with Crippen LogP contribution in [-0.2, 0) is 4.79 Å². The van der Waals surface area contributed by atoms with Crippen LogP contribution < -0.4 is 4.90 Å². The zero-order chi connectivity index (χ0) is 13.5. The van der Waals surface area contributed by atoms with E-state index < -0.39 is 0 Å². The number of likely N-dealkylation sites (tertiary alicyclic amines) is 1. The maximum Gasteiger partial charge on any atom is 0.225 e. The molecular formula is C15H20N4O. The van der Waals surface area contributed by atoms with E-state index >= 15 is 0 Å². The summed E-state index contributed by atoms with van der Waals surface area (Å²) in [6, 6.07) is 1.85. The van der Waals surface area contributed by atoms with Crippen LogP contribution >= 0.6 is 0 Å². The number of piperidine rings is 1. The second-order valence-electron chi connectivity index (χ2n) is 6.24. The van der Waals surface area contributed by atoms with Gasteiger partial charge in [-0.15, -0.1) is 0 Å². The molecule has 0 spiro atoms. The lowest BCUT2D eigenvalue weighted by Crippen LogP contribution is -2.30. The third kappa shape index (κ3) is 2.05. The summed E-state index contributed by atoms with van der Waals surface area (Å²) in [5.74, 6) is 3.20. The third-order valence-corrected chi connectivity index (χ3v) is 5.08. The molecule has 5 nitrogen and oxygen atoms in total. The fourth-order valence-electron chi connectivity index (χ4n) is 3.87. The average Bonchev–Trinajstić information content (AvgIpc) is 2.98. The fraction of sp³-hybridized carbons (Fsp3) is 0.667. The molecule has 20 heavy (non-hydrogen) atoms. The minimum absolute atomic E-state index is 0.379. The Morgan fingerprint density at radius 1 is 1.15 bits per heavy atom. The first-order valence-corrected chi connectivity index (χ1v) is 7.62. The Morgan fingerprint density at radius 2 is 1.80 bits per heavy atom. The number of anilines is 1. The summed E-state index contributed by atoms with van der Waals surface area (Å²) in [4.78, 5) is 25.1. The molecule has 4 rings (SSSR count). The quantitative estimate of drug-likeness (QED) is 0.829. The molecule has 0 aromatic carbocycles. The highest BCUT2D eigenvalue weighted by atomic mass is 16.2. The van der Waals surface area contributed by atoms with Gasteiger partial charge in [-0.05, 0) is 36.7 Å². The first-order chi connectivity index (χ1) is 9.83. The van der Waals surface area contributed by atoms with E-state index in [-0.39, 0.29) is 0 Å². The SMILES string of the molecule is O=C(CC1[C@H]2CN(c3ncccn3)C[C@@H]12)N1CCCC1. The second kappa shape index (κ2) is 4.72. The molecule has 0 bridgehead atoms. The van der Waals surface area contributed by atoms with Crippen molar-refractivity contribution in [3.63, 3.8) is 0 Å². The van der Waals surface area contributed by atoms with Crippen LogP contribution in [0.25, 0.3) is 0 Å². The van der Waals surface area contributed by atoms with Crippen LogP contribution in [0.4, 0.5) is 5.95 Å². The Hall–Kier alpha value is -1.65.